The van der Waals surface area contributed by atoms with Crippen molar-refractivity contribution in [2.24, 2.45) is 0 Å². The Labute approximate surface area is 164 Å². The van der Waals surface area contributed by atoms with Crippen LogP contribution in [0.25, 0.3) is 0 Å². The third-order valence-electron chi connectivity index (χ3n) is 4.97. The molecule has 8 heteroatoms. The number of likely N-dealkylation sites (N-methyl/N-ethyl adjacent to an activating group) is 1. The number of carbonyl (C=O) groups is 1. The summed E-state index contributed by atoms with van der Waals surface area (Å²) in [5, 5.41) is 3.53. The molecule has 1 aliphatic rings. The number of hydrogen-bond acceptors (Lipinski definition) is 3. The van der Waals surface area contributed by atoms with Gasteiger partial charge in [-0.25, -0.2) is 13.6 Å². The van der Waals surface area contributed by atoms with Gasteiger partial charge < -0.3 is 19.9 Å². The molecule has 1 aliphatic heterocycles. The van der Waals surface area contributed by atoms with Gasteiger partial charge in [0.25, 0.3) is 0 Å². The molecular formula is C19H26F2N3O2S+. The Kier molecular flexibility index (Phi) is 7.26. The van der Waals surface area contributed by atoms with Gasteiger partial charge in [0.05, 0.1) is 44.9 Å². The summed E-state index contributed by atoms with van der Waals surface area (Å²) < 4.78 is 32.0. The van der Waals surface area contributed by atoms with Crippen LogP contribution in [-0.4, -0.2) is 49.3 Å². The quantitative estimate of drug-likeness (QED) is 0.539. The molecule has 0 bridgehead atoms. The number of nitrogens with zero attached hydrogens (tertiary/aromatic N) is 1. The first-order chi connectivity index (χ1) is 12.8. The van der Waals surface area contributed by atoms with E-state index in [1.807, 2.05) is 4.90 Å². The SMILES string of the molecule is CC[NH+](CC)CCN1C(=S)N[C@@H](c2ccc(F)c(F)c2)C(C(=O)OC)=C1C. The zero-order valence-corrected chi connectivity index (χ0v) is 16.9. The smallest absolute Gasteiger partial charge is 0.337 e. The fourth-order valence-corrected chi connectivity index (χ4v) is 3.59. The van der Waals surface area contributed by atoms with E-state index in [2.05, 4.69) is 19.2 Å². The molecule has 0 spiro atoms. The zero-order valence-electron chi connectivity index (χ0n) is 16.1. The van der Waals surface area contributed by atoms with Crippen molar-refractivity contribution >= 4 is 23.3 Å². The first-order valence-corrected chi connectivity index (χ1v) is 9.40. The third kappa shape index (κ3) is 4.62. The number of methoxy groups -OCH3 is 1. The van der Waals surface area contributed by atoms with E-state index in [1.54, 1.807) is 6.92 Å². The molecule has 148 valence electrons. The van der Waals surface area contributed by atoms with Gasteiger partial charge in [0, 0.05) is 5.70 Å². The molecule has 0 aliphatic carbocycles. The molecule has 0 saturated carbocycles. The van der Waals surface area contributed by atoms with Crippen molar-refractivity contribution in [2.75, 3.05) is 33.3 Å². The number of carbonyl (C=O) groups excluding carboxylic acids is 1. The maximum absolute atomic E-state index is 13.7. The Morgan fingerprint density at radius 1 is 1.30 bits per heavy atom. The van der Waals surface area contributed by atoms with Crippen LogP contribution >= 0.6 is 12.2 Å². The second-order valence-electron chi connectivity index (χ2n) is 6.41. The van der Waals surface area contributed by atoms with Crippen molar-refractivity contribution in [3.8, 4) is 0 Å². The number of ether oxygens (including phenoxy) is 1. The summed E-state index contributed by atoms with van der Waals surface area (Å²) in [6.45, 7) is 9.52. The Morgan fingerprint density at radius 3 is 2.52 bits per heavy atom. The van der Waals surface area contributed by atoms with E-state index in [1.165, 1.54) is 18.1 Å². The van der Waals surface area contributed by atoms with Crippen LogP contribution in [0.15, 0.2) is 29.5 Å². The maximum atomic E-state index is 13.7. The molecule has 1 heterocycles. The van der Waals surface area contributed by atoms with Crippen molar-refractivity contribution < 1.29 is 23.2 Å². The number of benzene rings is 1. The van der Waals surface area contributed by atoms with Gasteiger partial charge in [-0.05, 0) is 50.7 Å². The van der Waals surface area contributed by atoms with Gasteiger partial charge in [0.15, 0.2) is 16.7 Å². The van der Waals surface area contributed by atoms with E-state index in [4.69, 9.17) is 17.0 Å². The summed E-state index contributed by atoms with van der Waals surface area (Å²) in [5.74, 6) is -2.45. The molecule has 1 atom stereocenters. The van der Waals surface area contributed by atoms with Crippen molar-refractivity contribution in [2.45, 2.75) is 26.8 Å². The molecule has 27 heavy (non-hydrogen) atoms. The number of allylic oxidation sites excluding steroid dienone is 1. The maximum Gasteiger partial charge on any atom is 0.337 e. The molecule has 0 amide bonds. The Morgan fingerprint density at radius 2 is 1.96 bits per heavy atom. The van der Waals surface area contributed by atoms with E-state index >= 15 is 0 Å². The van der Waals surface area contributed by atoms with Crippen LogP contribution in [0.5, 0.6) is 0 Å². The minimum atomic E-state index is -0.977. The number of hydrogen-bond donors (Lipinski definition) is 2. The Hall–Kier alpha value is -2.06. The summed E-state index contributed by atoms with van der Waals surface area (Å²) >= 11 is 5.49. The van der Waals surface area contributed by atoms with Gasteiger partial charge in [0.1, 0.15) is 0 Å². The van der Waals surface area contributed by atoms with E-state index in [0.29, 0.717) is 28.5 Å². The molecule has 2 N–H and O–H groups in total. The fourth-order valence-electron chi connectivity index (χ4n) is 3.24. The summed E-state index contributed by atoms with van der Waals surface area (Å²) in [6.07, 6.45) is 0. The summed E-state index contributed by atoms with van der Waals surface area (Å²) in [7, 11) is 1.29. The van der Waals surface area contributed by atoms with Crippen LogP contribution in [0.3, 0.4) is 0 Å². The number of rotatable bonds is 7. The topological polar surface area (TPSA) is 46.0 Å². The van der Waals surface area contributed by atoms with E-state index in [-0.39, 0.29) is 0 Å². The lowest BCUT2D eigenvalue weighted by molar-refractivity contribution is -0.895. The highest BCUT2D eigenvalue weighted by Crippen LogP contribution is 2.31. The molecule has 2 rings (SSSR count). The highest BCUT2D eigenvalue weighted by Gasteiger charge is 2.35. The molecule has 0 fully saturated rings. The van der Waals surface area contributed by atoms with Crippen molar-refractivity contribution in [1.82, 2.24) is 10.2 Å². The Balaban J connectivity index is 2.41. The second kappa shape index (κ2) is 9.23. The normalized spacial score (nSPS) is 17.4. The molecule has 0 saturated heterocycles. The van der Waals surface area contributed by atoms with E-state index in [0.717, 1.165) is 31.8 Å². The number of esters is 1. The van der Waals surface area contributed by atoms with Crippen molar-refractivity contribution in [3.05, 3.63) is 46.7 Å². The fraction of sp³-hybridized carbons (Fsp3) is 0.474. The molecule has 1 aromatic rings. The van der Waals surface area contributed by atoms with Crippen LogP contribution in [0.2, 0.25) is 0 Å². The van der Waals surface area contributed by atoms with Crippen molar-refractivity contribution in [3.63, 3.8) is 0 Å². The van der Waals surface area contributed by atoms with E-state index in [9.17, 15) is 13.6 Å². The van der Waals surface area contributed by atoms with E-state index < -0.39 is 23.6 Å². The van der Waals surface area contributed by atoms with Crippen LogP contribution < -0.4 is 10.2 Å². The van der Waals surface area contributed by atoms with Crippen LogP contribution in [0, 0.1) is 11.6 Å². The highest BCUT2D eigenvalue weighted by atomic mass is 32.1. The van der Waals surface area contributed by atoms with Gasteiger partial charge in [0.2, 0.25) is 0 Å². The monoisotopic (exact) mass is 398 g/mol. The second-order valence-corrected chi connectivity index (χ2v) is 6.79. The number of thiocarbonyl (C=S) groups is 1. The zero-order chi connectivity index (χ0) is 20.1. The van der Waals surface area contributed by atoms with Crippen molar-refractivity contribution in [1.29, 1.82) is 0 Å². The average Bonchev–Trinajstić information content (AvgIpc) is 2.65. The van der Waals surface area contributed by atoms with Gasteiger partial charge in [-0.2, -0.15) is 0 Å². The minimum Gasteiger partial charge on any atom is -0.466 e. The molecule has 0 unspecified atom stereocenters. The lowest BCUT2D eigenvalue weighted by atomic mass is 9.95. The standard InChI is InChI=1S/C19H25F2N3O2S/c1-5-23(6-2)9-10-24-12(3)16(18(25)26-4)17(22-19(24)27)13-7-8-14(20)15(21)11-13/h7-8,11,17H,5-6,9-10H2,1-4H3,(H,22,27)/p+1/t17-/m0/s1. The van der Waals surface area contributed by atoms with Crippen LogP contribution in [0.1, 0.15) is 32.4 Å². The molecule has 0 aromatic heterocycles. The summed E-state index contributed by atoms with van der Waals surface area (Å²) in [6, 6.07) is 2.85. The highest BCUT2D eigenvalue weighted by molar-refractivity contribution is 7.80. The summed E-state index contributed by atoms with van der Waals surface area (Å²) in [5.41, 5.74) is 1.41. The van der Waals surface area contributed by atoms with Crippen LogP contribution in [0.4, 0.5) is 8.78 Å². The molecule has 0 radical (unpaired) electrons. The number of quaternary nitrogens is 1. The minimum absolute atomic E-state index is 0.339. The van der Waals surface area contributed by atoms with Gasteiger partial charge in [-0.3, -0.25) is 0 Å². The number of nitrogens with one attached hydrogen (secondary N) is 2. The first kappa shape index (κ1) is 21.2. The van der Waals surface area contributed by atoms with Gasteiger partial charge >= 0.3 is 5.97 Å². The third-order valence-corrected chi connectivity index (χ3v) is 5.31. The first-order valence-electron chi connectivity index (χ1n) is 8.99. The predicted octanol–water partition coefficient (Wildman–Crippen LogP) is 1.57. The average molecular weight is 398 g/mol. The van der Waals surface area contributed by atoms with Gasteiger partial charge in [-0.15, -0.1) is 0 Å². The lowest BCUT2D eigenvalue weighted by Gasteiger charge is -2.37. The summed E-state index contributed by atoms with van der Waals surface area (Å²) in [4.78, 5) is 15.7. The molecular weight excluding hydrogens is 372 g/mol. The van der Waals surface area contributed by atoms with Gasteiger partial charge in [-0.1, -0.05) is 6.07 Å². The molecule has 1 aromatic carbocycles. The largest absolute Gasteiger partial charge is 0.466 e. The van der Waals surface area contributed by atoms with Crippen LogP contribution in [-0.2, 0) is 9.53 Å². The lowest BCUT2D eigenvalue weighted by Crippen LogP contribution is -3.12. The number of halogens is 2. The predicted molar refractivity (Wildman–Crippen MR) is 103 cm³/mol. The molecule has 5 nitrogen and oxygen atoms in total. The Bertz CT molecular complexity index is 750.